The van der Waals surface area contributed by atoms with Crippen molar-refractivity contribution in [2.45, 2.75) is 42.3 Å². The van der Waals surface area contributed by atoms with Crippen LogP contribution >= 0.6 is 0 Å². The molecular formula is C10H15BO4. The Morgan fingerprint density at radius 1 is 1.33 bits per heavy atom. The van der Waals surface area contributed by atoms with Crippen LogP contribution in [0.4, 0.5) is 0 Å². The topological polar surface area (TPSA) is 36.9 Å². The van der Waals surface area contributed by atoms with E-state index < -0.39 is 11.6 Å². The van der Waals surface area contributed by atoms with Crippen LogP contribution in [-0.2, 0) is 18.9 Å². The molecule has 0 N–H and O–H groups in total. The molecule has 0 amide bonds. The van der Waals surface area contributed by atoms with Gasteiger partial charge in [0.2, 0.25) is 0 Å². The van der Waals surface area contributed by atoms with Crippen molar-refractivity contribution >= 4 is 7.85 Å². The van der Waals surface area contributed by atoms with Crippen LogP contribution in [0.15, 0.2) is 0 Å². The summed E-state index contributed by atoms with van der Waals surface area (Å²) in [6.45, 7) is 0.482. The van der Waals surface area contributed by atoms with Crippen LogP contribution in [0.3, 0.4) is 0 Å². The maximum Gasteiger partial charge on any atom is 0.148 e. The number of rotatable bonds is 3. The zero-order valence-corrected chi connectivity index (χ0v) is 9.06. The number of hydrogen-bond donors (Lipinski definition) is 0. The van der Waals surface area contributed by atoms with Gasteiger partial charge < -0.3 is 18.9 Å². The minimum absolute atomic E-state index is 0.102. The molecule has 0 aromatic heterocycles. The van der Waals surface area contributed by atoms with Gasteiger partial charge in [0.15, 0.2) is 0 Å². The van der Waals surface area contributed by atoms with Crippen LogP contribution < -0.4 is 0 Å². The molecule has 82 valence electrons. The first kappa shape index (κ1) is 10.1. The Bertz CT molecular complexity index is 281. The second-order valence-corrected chi connectivity index (χ2v) is 4.64. The summed E-state index contributed by atoms with van der Waals surface area (Å²) in [7, 11) is 9.21. The third-order valence-corrected chi connectivity index (χ3v) is 3.88. The number of ether oxygens (including phenoxy) is 4. The first-order valence-electron chi connectivity index (χ1n) is 5.32. The van der Waals surface area contributed by atoms with Crippen molar-refractivity contribution in [3.8, 4) is 0 Å². The molecule has 3 rings (SSSR count). The maximum atomic E-state index is 5.98. The van der Waals surface area contributed by atoms with Gasteiger partial charge in [-0.25, -0.2) is 0 Å². The standard InChI is InChI=1S/C10H15BO4/c1-12-5-10-7(13-2)6(8(11)15-10)14-9(10)3-4-9/h6-8H,3-5H2,1-2H3/t6?,7?,8-,10-/m1/s1. The molecule has 1 saturated carbocycles. The molecule has 4 nitrogen and oxygen atoms in total. The van der Waals surface area contributed by atoms with Gasteiger partial charge in [-0.1, -0.05) is 0 Å². The average Bonchev–Trinajstić information content (AvgIpc) is 2.85. The highest BCUT2D eigenvalue weighted by Crippen LogP contribution is 2.62. The van der Waals surface area contributed by atoms with E-state index in [1.165, 1.54) is 0 Å². The molecule has 2 radical (unpaired) electrons. The molecule has 1 spiro atoms. The molecule has 2 bridgehead atoms. The minimum Gasteiger partial charge on any atom is -0.381 e. The normalized spacial score (nSPS) is 50.1. The SMILES string of the molecule is [B][C@@H]1O[C@]2(COC)C(OC)C1OC21CC1. The van der Waals surface area contributed by atoms with E-state index in [0.717, 1.165) is 12.8 Å². The summed E-state index contributed by atoms with van der Waals surface area (Å²) in [5.41, 5.74) is -0.676. The van der Waals surface area contributed by atoms with Gasteiger partial charge in [-0.15, -0.1) is 0 Å². The van der Waals surface area contributed by atoms with E-state index in [0.29, 0.717) is 6.61 Å². The molecule has 5 heteroatoms. The lowest BCUT2D eigenvalue weighted by Gasteiger charge is -2.37. The predicted molar refractivity (Wildman–Crippen MR) is 52.9 cm³/mol. The third-order valence-electron chi connectivity index (χ3n) is 3.88. The fourth-order valence-electron chi connectivity index (χ4n) is 3.11. The van der Waals surface area contributed by atoms with Crippen LogP contribution in [0.1, 0.15) is 12.8 Å². The van der Waals surface area contributed by atoms with Crippen LogP contribution in [0, 0.1) is 0 Å². The Kier molecular flexibility index (Phi) is 2.00. The van der Waals surface area contributed by atoms with Gasteiger partial charge in [0, 0.05) is 20.2 Å². The Hall–Kier alpha value is -0.0951. The summed E-state index contributed by atoms with van der Waals surface area (Å²) >= 11 is 0. The van der Waals surface area contributed by atoms with Gasteiger partial charge in [0.1, 0.15) is 31.3 Å². The lowest BCUT2D eigenvalue weighted by molar-refractivity contribution is -0.197. The van der Waals surface area contributed by atoms with E-state index in [1.54, 1.807) is 14.2 Å². The fraction of sp³-hybridized carbons (Fsp3) is 1.00. The van der Waals surface area contributed by atoms with Gasteiger partial charge in [-0.2, -0.15) is 0 Å². The van der Waals surface area contributed by atoms with E-state index in [-0.39, 0.29) is 17.8 Å². The van der Waals surface area contributed by atoms with E-state index in [4.69, 9.17) is 26.8 Å². The number of methoxy groups -OCH3 is 2. The predicted octanol–water partition coefficient (Wildman–Crippen LogP) is -0.157. The number of hydrogen-bond acceptors (Lipinski definition) is 4. The largest absolute Gasteiger partial charge is 0.381 e. The quantitative estimate of drug-likeness (QED) is 0.606. The van der Waals surface area contributed by atoms with Gasteiger partial charge in [-0.05, 0) is 12.8 Å². The van der Waals surface area contributed by atoms with E-state index in [1.807, 2.05) is 0 Å². The molecule has 0 aromatic carbocycles. The molecule has 2 heterocycles. The minimum atomic E-state index is -0.486. The summed E-state index contributed by atoms with van der Waals surface area (Å²) in [5, 5.41) is 0. The van der Waals surface area contributed by atoms with Crippen molar-refractivity contribution in [3.05, 3.63) is 0 Å². The Balaban J connectivity index is 1.97. The van der Waals surface area contributed by atoms with Crippen molar-refractivity contribution < 1.29 is 18.9 Å². The summed E-state index contributed by atoms with van der Waals surface area (Å²) < 4.78 is 22.6. The summed E-state index contributed by atoms with van der Waals surface area (Å²) in [6.07, 6.45) is 1.78. The highest BCUT2D eigenvalue weighted by Gasteiger charge is 2.77. The first-order valence-corrected chi connectivity index (χ1v) is 5.32. The van der Waals surface area contributed by atoms with E-state index in [2.05, 4.69) is 0 Å². The highest BCUT2D eigenvalue weighted by atomic mass is 16.7. The van der Waals surface area contributed by atoms with Crippen LogP contribution in [0.25, 0.3) is 0 Å². The Labute approximate surface area is 90.6 Å². The summed E-state index contributed by atoms with van der Waals surface area (Å²) in [5.74, 6) is 0. The molecule has 1 aliphatic carbocycles. The van der Waals surface area contributed by atoms with Crippen molar-refractivity contribution in [2.75, 3.05) is 20.8 Å². The molecule has 3 fully saturated rings. The van der Waals surface area contributed by atoms with Gasteiger partial charge >= 0.3 is 0 Å². The smallest absolute Gasteiger partial charge is 0.148 e. The average molecular weight is 210 g/mol. The van der Waals surface area contributed by atoms with Crippen molar-refractivity contribution in [1.82, 2.24) is 0 Å². The molecule has 3 aliphatic rings. The van der Waals surface area contributed by atoms with Crippen molar-refractivity contribution in [2.24, 2.45) is 0 Å². The Morgan fingerprint density at radius 3 is 2.60 bits per heavy atom. The van der Waals surface area contributed by atoms with Crippen LogP contribution in [-0.4, -0.2) is 58.1 Å². The molecule has 2 aliphatic heterocycles. The lowest BCUT2D eigenvalue weighted by atomic mass is 9.89. The first-order chi connectivity index (χ1) is 7.19. The summed E-state index contributed by atoms with van der Waals surface area (Å²) in [6, 6.07) is -0.392. The summed E-state index contributed by atoms with van der Waals surface area (Å²) in [4.78, 5) is 0. The second-order valence-electron chi connectivity index (χ2n) is 4.64. The van der Waals surface area contributed by atoms with Crippen LogP contribution in [0.5, 0.6) is 0 Å². The monoisotopic (exact) mass is 210 g/mol. The van der Waals surface area contributed by atoms with Gasteiger partial charge in [0.25, 0.3) is 0 Å². The highest BCUT2D eigenvalue weighted by molar-refractivity contribution is 6.12. The zero-order valence-electron chi connectivity index (χ0n) is 9.06. The number of fused-ring (bicyclic) bond motifs is 3. The maximum absolute atomic E-state index is 5.98. The lowest BCUT2D eigenvalue weighted by Crippen LogP contribution is -2.53. The van der Waals surface area contributed by atoms with Gasteiger partial charge in [0.05, 0.1) is 6.61 Å². The molecule has 4 atom stereocenters. The second kappa shape index (κ2) is 2.97. The molecule has 2 saturated heterocycles. The van der Waals surface area contributed by atoms with Crippen molar-refractivity contribution in [1.29, 1.82) is 0 Å². The van der Waals surface area contributed by atoms with Gasteiger partial charge in [-0.3, -0.25) is 0 Å². The van der Waals surface area contributed by atoms with Crippen molar-refractivity contribution in [3.63, 3.8) is 0 Å². The fourth-order valence-corrected chi connectivity index (χ4v) is 3.11. The zero-order chi connectivity index (χ0) is 10.7. The van der Waals surface area contributed by atoms with Crippen LogP contribution in [0.2, 0.25) is 0 Å². The van der Waals surface area contributed by atoms with E-state index in [9.17, 15) is 0 Å². The molecule has 15 heavy (non-hydrogen) atoms. The molecular weight excluding hydrogens is 195 g/mol. The Morgan fingerprint density at radius 2 is 2.07 bits per heavy atom. The molecule has 0 aromatic rings. The molecule has 2 unspecified atom stereocenters. The van der Waals surface area contributed by atoms with E-state index >= 15 is 0 Å². The third kappa shape index (κ3) is 1.02.